The molecule has 0 aromatic rings. The first kappa shape index (κ1) is 31.5. The number of carboxylic acid groups (broad SMARTS) is 4. The van der Waals surface area contributed by atoms with Crippen molar-refractivity contribution in [2.75, 3.05) is 39.3 Å². The van der Waals surface area contributed by atoms with E-state index in [0.29, 0.717) is 0 Å². The van der Waals surface area contributed by atoms with E-state index in [4.69, 9.17) is 0 Å². The molecule has 0 spiro atoms. The van der Waals surface area contributed by atoms with Crippen LogP contribution >= 0.6 is 0 Å². The number of carbonyl (C=O) groups excluding carboxylic acids is 4. The first-order chi connectivity index (χ1) is 9.20. The molecule has 0 aromatic carbocycles. The topological polar surface area (TPSA) is 167 Å². The molecule has 0 unspecified atom stereocenters. The van der Waals surface area contributed by atoms with Gasteiger partial charge in [0.05, 0.1) is 23.9 Å². The summed E-state index contributed by atoms with van der Waals surface area (Å²) in [6.45, 7) is -3.25. The van der Waals surface area contributed by atoms with Crippen LogP contribution in [0.5, 0.6) is 0 Å². The summed E-state index contributed by atoms with van der Waals surface area (Å²) in [4.78, 5) is 43.4. The van der Waals surface area contributed by atoms with Gasteiger partial charge in [0.1, 0.15) is 0 Å². The van der Waals surface area contributed by atoms with Crippen molar-refractivity contribution in [3.8, 4) is 0 Å². The fourth-order valence-corrected chi connectivity index (χ4v) is 1.44. The van der Waals surface area contributed by atoms with E-state index in [0.717, 1.165) is 9.80 Å². The number of carboxylic acids is 4. The van der Waals surface area contributed by atoms with Crippen LogP contribution in [0.4, 0.5) is 0 Å². The SMILES string of the molecule is O=C([O-])CN(CCN(CC(=O)[O-])CC(=O)[O-])CC(=O)[O-].[H-].[H-].[Na+].[Na+].[Pb]. The smallest absolute Gasteiger partial charge is 1.00 e. The van der Waals surface area contributed by atoms with Gasteiger partial charge in [0.2, 0.25) is 0 Å². The standard InChI is InChI=1S/C10H16N2O8.2Na.Pb.2H/c13-7(14)3-11(4-8(15)16)1-2-12(5-9(17)18)6-10(19)20;;;;;/h1-6H2,(H,13,14)(H,15,16)(H,17,18)(H,19,20);;;;;/q;2*+1;;2*-1/p-4. The van der Waals surface area contributed by atoms with E-state index < -0.39 is 50.1 Å². The number of carbonyl (C=O) groups is 4. The summed E-state index contributed by atoms with van der Waals surface area (Å²) >= 11 is 0. The minimum Gasteiger partial charge on any atom is -1.00 e. The van der Waals surface area contributed by atoms with E-state index in [1.807, 2.05) is 0 Å². The van der Waals surface area contributed by atoms with E-state index >= 15 is 0 Å². The Morgan fingerprint density at radius 2 is 0.783 bits per heavy atom. The Balaban J connectivity index is -0.000000180. The molecule has 0 saturated heterocycles. The Bertz CT molecular complexity index is 341. The molecular formula is C10H14N2Na2O8Pb-4. The van der Waals surface area contributed by atoms with Crippen molar-refractivity contribution in [2.24, 2.45) is 0 Å². The van der Waals surface area contributed by atoms with Crippen molar-refractivity contribution in [3.05, 3.63) is 0 Å². The molecule has 0 aliphatic carbocycles. The Hall–Kier alpha value is 0.722. The van der Waals surface area contributed by atoms with Gasteiger partial charge in [0, 0.05) is 66.6 Å². The van der Waals surface area contributed by atoms with Gasteiger partial charge < -0.3 is 42.5 Å². The Kier molecular flexibility index (Phi) is 24.0. The van der Waals surface area contributed by atoms with E-state index in [1.54, 1.807) is 0 Å². The van der Waals surface area contributed by atoms with Gasteiger partial charge in [-0.3, -0.25) is 9.80 Å². The maximum atomic E-state index is 10.4. The summed E-state index contributed by atoms with van der Waals surface area (Å²) in [6.07, 6.45) is 0. The third-order valence-corrected chi connectivity index (χ3v) is 2.14. The number of nitrogens with zero attached hydrogens (tertiary/aromatic N) is 2. The molecule has 0 saturated carbocycles. The third-order valence-electron chi connectivity index (χ3n) is 2.14. The van der Waals surface area contributed by atoms with E-state index in [9.17, 15) is 39.6 Å². The molecule has 13 heteroatoms. The second-order valence-corrected chi connectivity index (χ2v) is 3.91. The molecule has 122 valence electrons. The normalized spacial score (nSPS) is 9.30. The van der Waals surface area contributed by atoms with Gasteiger partial charge in [-0.2, -0.15) is 0 Å². The van der Waals surface area contributed by atoms with Crippen LogP contribution in [0.2, 0.25) is 0 Å². The van der Waals surface area contributed by atoms with Crippen LogP contribution in [0.15, 0.2) is 0 Å². The zero-order valence-electron chi connectivity index (χ0n) is 14.9. The zero-order valence-corrected chi connectivity index (χ0v) is 20.8. The fraction of sp³-hybridized carbons (Fsp3) is 0.600. The summed E-state index contributed by atoms with van der Waals surface area (Å²) < 4.78 is 0. The Labute approximate surface area is 199 Å². The van der Waals surface area contributed by atoms with Crippen LogP contribution in [0.25, 0.3) is 0 Å². The van der Waals surface area contributed by atoms with Gasteiger partial charge in [-0.25, -0.2) is 0 Å². The zero-order chi connectivity index (χ0) is 15.7. The molecule has 4 radical (unpaired) electrons. The average Bonchev–Trinajstić information content (AvgIpc) is 2.22. The predicted octanol–water partition coefficient (Wildman–Crippen LogP) is -13.6. The van der Waals surface area contributed by atoms with Gasteiger partial charge in [-0.05, 0) is 0 Å². The first-order valence-electron chi connectivity index (χ1n) is 5.44. The van der Waals surface area contributed by atoms with E-state index in [-0.39, 0.29) is 102 Å². The van der Waals surface area contributed by atoms with Crippen LogP contribution in [-0.4, -0.2) is 100 Å². The summed E-state index contributed by atoms with van der Waals surface area (Å²) in [5.41, 5.74) is 0. The summed E-state index contributed by atoms with van der Waals surface area (Å²) in [6, 6.07) is 0. The minimum atomic E-state index is -1.53. The van der Waals surface area contributed by atoms with Gasteiger partial charge in [-0.15, -0.1) is 0 Å². The van der Waals surface area contributed by atoms with E-state index in [1.165, 1.54) is 0 Å². The molecule has 0 rings (SSSR count). The van der Waals surface area contributed by atoms with Crippen molar-refractivity contribution in [2.45, 2.75) is 0 Å². The first-order valence-corrected chi connectivity index (χ1v) is 5.44. The van der Waals surface area contributed by atoms with Crippen molar-refractivity contribution in [1.82, 2.24) is 9.80 Å². The van der Waals surface area contributed by atoms with Crippen molar-refractivity contribution in [3.63, 3.8) is 0 Å². The van der Waals surface area contributed by atoms with Gasteiger partial charge in [0.15, 0.2) is 0 Å². The van der Waals surface area contributed by atoms with Crippen molar-refractivity contribution in [1.29, 1.82) is 0 Å². The van der Waals surface area contributed by atoms with Crippen LogP contribution < -0.4 is 79.5 Å². The Morgan fingerprint density at radius 1 is 0.609 bits per heavy atom. The fourth-order valence-electron chi connectivity index (χ4n) is 1.44. The van der Waals surface area contributed by atoms with E-state index in [2.05, 4.69) is 0 Å². The molecule has 0 bridgehead atoms. The van der Waals surface area contributed by atoms with Crippen LogP contribution in [0, 0.1) is 0 Å². The maximum absolute atomic E-state index is 10.4. The summed E-state index contributed by atoms with van der Waals surface area (Å²) in [5, 5.41) is 41.6. The maximum Gasteiger partial charge on any atom is 1.00 e. The molecule has 0 aromatic heterocycles. The van der Waals surface area contributed by atoms with Crippen LogP contribution in [0.1, 0.15) is 2.85 Å². The number of aliphatic carboxylic acids is 4. The van der Waals surface area contributed by atoms with Crippen molar-refractivity contribution >= 4 is 51.2 Å². The number of hydrogen-bond donors (Lipinski definition) is 0. The average molecular weight is 543 g/mol. The Morgan fingerprint density at radius 3 is 0.913 bits per heavy atom. The molecule has 23 heavy (non-hydrogen) atoms. The van der Waals surface area contributed by atoms with Gasteiger partial charge in [0.25, 0.3) is 0 Å². The number of hydrogen-bond acceptors (Lipinski definition) is 10. The molecular weight excluding hydrogens is 529 g/mol. The second-order valence-electron chi connectivity index (χ2n) is 3.91. The quantitative estimate of drug-likeness (QED) is 0.228. The molecule has 0 fully saturated rings. The van der Waals surface area contributed by atoms with Gasteiger partial charge >= 0.3 is 59.1 Å². The molecule has 0 atom stereocenters. The summed E-state index contributed by atoms with van der Waals surface area (Å²) in [5.74, 6) is -6.12. The monoisotopic (exact) mass is 544 g/mol. The molecule has 0 amide bonds. The van der Waals surface area contributed by atoms with Gasteiger partial charge in [-0.1, -0.05) is 0 Å². The molecule has 0 aliphatic rings. The molecule has 10 nitrogen and oxygen atoms in total. The minimum absolute atomic E-state index is 0. The number of rotatable bonds is 11. The molecule has 0 aliphatic heterocycles. The van der Waals surface area contributed by atoms with Crippen LogP contribution in [0.3, 0.4) is 0 Å². The molecule has 0 heterocycles. The third kappa shape index (κ3) is 20.7. The summed E-state index contributed by atoms with van der Waals surface area (Å²) in [7, 11) is 0. The predicted molar refractivity (Wildman–Crippen MR) is 60.9 cm³/mol. The second kappa shape index (κ2) is 17.5. The molecule has 0 N–H and O–H groups in total. The van der Waals surface area contributed by atoms with Crippen LogP contribution in [-0.2, 0) is 19.2 Å². The largest absolute Gasteiger partial charge is 1.00 e. The van der Waals surface area contributed by atoms with Crippen molar-refractivity contribution < 1.29 is 102 Å².